The lowest BCUT2D eigenvalue weighted by atomic mass is 9.80. The first-order valence-corrected chi connectivity index (χ1v) is 38.5. The lowest BCUT2D eigenvalue weighted by Crippen LogP contribution is -2.16. The fraction of sp³-hybridized carbons (Fsp3) is 0.200. The Hall–Kier alpha value is -11.5. The maximum atomic E-state index is 2.33. The van der Waals surface area contributed by atoms with Crippen molar-refractivity contribution in [3.8, 4) is 44.5 Å². The van der Waals surface area contributed by atoms with Gasteiger partial charge >= 0.3 is 0 Å². The van der Waals surface area contributed by atoms with Crippen LogP contribution in [0.15, 0.2) is 303 Å². The Morgan fingerprint density at radius 3 is 1.08 bits per heavy atom. The van der Waals surface area contributed by atoms with Crippen LogP contribution in [0.5, 0.6) is 0 Å². The summed E-state index contributed by atoms with van der Waals surface area (Å²) in [5.41, 5.74) is 39.6. The maximum Gasteiger partial charge on any atom is 0.0491 e. The number of aromatic nitrogens is 3. The van der Waals surface area contributed by atoms with Crippen molar-refractivity contribution in [1.82, 2.24) is 13.7 Å². The van der Waals surface area contributed by atoms with Gasteiger partial charge in [0.25, 0.3) is 0 Å². The first-order chi connectivity index (χ1) is 51.9. The molecule has 21 rings (SSSR count). The molecule has 0 amide bonds. The fourth-order valence-corrected chi connectivity index (χ4v) is 18.4. The van der Waals surface area contributed by atoms with Crippen LogP contribution in [0.1, 0.15) is 133 Å². The summed E-state index contributed by atoms with van der Waals surface area (Å²) >= 11 is 0. The molecule has 536 valence electrons. The summed E-state index contributed by atoms with van der Waals surface area (Å²) in [6.45, 7) is 31.6. The van der Waals surface area contributed by atoms with Gasteiger partial charge in [-0.2, -0.15) is 0 Å². The monoisotopic (exact) mass is 1400 g/mol. The van der Waals surface area contributed by atoms with Crippen molar-refractivity contribution in [2.45, 2.75) is 119 Å². The van der Waals surface area contributed by atoms with Crippen LogP contribution in [0.2, 0.25) is 0 Å². The highest BCUT2D eigenvalue weighted by molar-refractivity contribution is 6.10. The van der Waals surface area contributed by atoms with Crippen molar-refractivity contribution in [2.24, 2.45) is 21.1 Å². The van der Waals surface area contributed by atoms with Gasteiger partial charge in [-0.1, -0.05) is 333 Å². The van der Waals surface area contributed by atoms with E-state index >= 15 is 0 Å². The molecule has 0 saturated heterocycles. The Balaban J connectivity index is 0.000000101. The predicted octanol–water partition coefficient (Wildman–Crippen LogP) is 27.8. The summed E-state index contributed by atoms with van der Waals surface area (Å²) in [7, 11) is 6.37. The van der Waals surface area contributed by atoms with Crippen LogP contribution in [-0.2, 0) is 42.8 Å². The SMILES string of the molecule is Cc1ccc2c(c1)-c1ccccc1C2(C)C.Cc1ccc2c(c1)C(C)(C)c1ccccc1-2.Cc1ccc2c(c1)c1ccccc1n2C.Cc1ccc2c3ccccc3n(C)c2c1.Cc1cccc2c1-c1ccccc1C2(C)C.Cc1cccc2c1C(C)(C)c1ccccc1-2.Cn1c2ccccc2c2ccccc21. The van der Waals surface area contributed by atoms with Gasteiger partial charge in [-0.3, -0.25) is 0 Å². The van der Waals surface area contributed by atoms with E-state index in [4.69, 9.17) is 0 Å². The molecule has 3 nitrogen and oxygen atoms in total. The van der Waals surface area contributed by atoms with Gasteiger partial charge < -0.3 is 13.7 Å². The molecule has 0 fully saturated rings. The molecule has 3 aromatic heterocycles. The molecule has 3 heteroatoms. The third-order valence-electron chi connectivity index (χ3n) is 24.0. The molecule has 0 atom stereocenters. The number of para-hydroxylation sites is 4. The molecule has 0 saturated carbocycles. The maximum absolute atomic E-state index is 2.33. The molecule has 4 aliphatic rings. The Morgan fingerprint density at radius 1 is 0.194 bits per heavy atom. The minimum absolute atomic E-state index is 0.150. The molecule has 4 aliphatic carbocycles. The predicted molar refractivity (Wildman–Crippen MR) is 466 cm³/mol. The van der Waals surface area contributed by atoms with Crippen LogP contribution in [-0.4, -0.2) is 13.7 Å². The van der Waals surface area contributed by atoms with Gasteiger partial charge in [0.1, 0.15) is 0 Å². The standard InChI is InChI=1S/4C16H16.2C14H13N.C13H11N/c1-11-7-6-9-13-12-8-4-5-10-14(12)16(2,3)15(11)13;1-11-7-6-10-14-15(11)12-8-4-5-9-13(12)16(14,2)3;1-11-8-9-15-13(10-11)12-6-4-5-7-14(12)16(15,2)3;1-11-8-9-13-12-6-4-5-7-14(12)16(2,3)15(13)10-11;1-10-7-8-14-12(9-10)11-5-3-4-6-13(11)15(14)2;1-10-7-8-12-11-5-3-4-6-13(11)15(2)14(12)9-10;1-14-12-8-4-2-6-10(12)11-7-3-5-9-13(11)14/h4*4-10H,1-3H3;2*3-9H,1-2H3;2-9H,1H3. The highest BCUT2D eigenvalue weighted by Gasteiger charge is 2.39. The van der Waals surface area contributed by atoms with Crippen LogP contribution < -0.4 is 0 Å². The van der Waals surface area contributed by atoms with Crippen molar-refractivity contribution in [1.29, 1.82) is 0 Å². The molecule has 0 spiro atoms. The van der Waals surface area contributed by atoms with Crippen LogP contribution in [0, 0.1) is 41.5 Å². The molecule has 3 heterocycles. The van der Waals surface area contributed by atoms with Crippen LogP contribution in [0.3, 0.4) is 0 Å². The number of fused-ring (bicyclic) bond motifs is 21. The Bertz CT molecular complexity index is 6230. The topological polar surface area (TPSA) is 14.8 Å². The summed E-state index contributed by atoms with van der Waals surface area (Å²) in [6, 6.07) is 109. The first-order valence-electron chi connectivity index (χ1n) is 38.5. The van der Waals surface area contributed by atoms with Gasteiger partial charge in [0.05, 0.1) is 0 Å². The third kappa shape index (κ3) is 12.6. The van der Waals surface area contributed by atoms with Crippen molar-refractivity contribution < 1.29 is 0 Å². The van der Waals surface area contributed by atoms with Crippen molar-refractivity contribution >= 4 is 65.4 Å². The van der Waals surface area contributed by atoms with Crippen LogP contribution >= 0.6 is 0 Å². The average Bonchev–Trinajstić information content (AvgIpc) is 1.60. The summed E-state index contributed by atoms with van der Waals surface area (Å²) in [6.07, 6.45) is 0. The highest BCUT2D eigenvalue weighted by atomic mass is 14.9. The summed E-state index contributed by atoms with van der Waals surface area (Å²) in [4.78, 5) is 0. The zero-order valence-corrected chi connectivity index (χ0v) is 66.2. The van der Waals surface area contributed by atoms with Crippen molar-refractivity contribution in [3.63, 3.8) is 0 Å². The van der Waals surface area contributed by atoms with Gasteiger partial charge in [0, 0.05) is 108 Å². The minimum atomic E-state index is 0.150. The molecule has 108 heavy (non-hydrogen) atoms. The molecular formula is C105H101N3. The molecule has 0 bridgehead atoms. The number of aryl methyl sites for hydroxylation is 9. The van der Waals surface area contributed by atoms with Gasteiger partial charge in [-0.25, -0.2) is 0 Å². The van der Waals surface area contributed by atoms with E-state index in [-0.39, 0.29) is 21.7 Å². The number of hydrogen-bond donors (Lipinski definition) is 0. The molecule has 17 aromatic rings. The normalized spacial score (nSPS) is 13.9. The Labute approximate surface area is 640 Å². The second kappa shape index (κ2) is 28.3. The number of nitrogens with zero attached hydrogens (tertiary/aromatic N) is 3. The summed E-state index contributed by atoms with van der Waals surface area (Å²) < 4.78 is 6.76. The van der Waals surface area contributed by atoms with E-state index in [0.717, 1.165) is 0 Å². The van der Waals surface area contributed by atoms with Crippen LogP contribution in [0.25, 0.3) is 110 Å². The van der Waals surface area contributed by atoms with Crippen molar-refractivity contribution in [3.05, 3.63) is 381 Å². The van der Waals surface area contributed by atoms with E-state index in [0.29, 0.717) is 0 Å². The quantitative estimate of drug-likeness (QED) is 0.144. The molecule has 14 aromatic carbocycles. The van der Waals surface area contributed by atoms with E-state index in [1.165, 1.54) is 188 Å². The fourth-order valence-electron chi connectivity index (χ4n) is 18.4. The van der Waals surface area contributed by atoms with Gasteiger partial charge in [0.2, 0.25) is 0 Å². The summed E-state index contributed by atoms with van der Waals surface area (Å²) in [5, 5.41) is 8.07. The lowest BCUT2D eigenvalue weighted by molar-refractivity contribution is 0.655. The number of benzene rings is 14. The van der Waals surface area contributed by atoms with Crippen LogP contribution in [0.4, 0.5) is 0 Å². The molecule has 0 N–H and O–H groups in total. The van der Waals surface area contributed by atoms with Crippen molar-refractivity contribution in [2.75, 3.05) is 0 Å². The highest BCUT2D eigenvalue weighted by Crippen LogP contribution is 2.53. The smallest absolute Gasteiger partial charge is 0.0491 e. The second-order valence-corrected chi connectivity index (χ2v) is 32.6. The van der Waals surface area contributed by atoms with E-state index in [1.54, 1.807) is 0 Å². The van der Waals surface area contributed by atoms with E-state index in [1.807, 2.05) is 0 Å². The Kier molecular flexibility index (Phi) is 18.9. The van der Waals surface area contributed by atoms with Gasteiger partial charge in [-0.15, -0.1) is 0 Å². The molecule has 0 unspecified atom stereocenters. The largest absolute Gasteiger partial charge is 0.344 e. The number of hydrogen-bond acceptors (Lipinski definition) is 0. The Morgan fingerprint density at radius 2 is 0.519 bits per heavy atom. The third-order valence-corrected chi connectivity index (χ3v) is 24.0. The zero-order chi connectivity index (χ0) is 75.7. The average molecular weight is 1400 g/mol. The van der Waals surface area contributed by atoms with E-state index in [2.05, 4.69) is 435 Å². The second-order valence-electron chi connectivity index (χ2n) is 32.6. The molecule has 0 aliphatic heterocycles. The minimum Gasteiger partial charge on any atom is -0.344 e. The molecular weight excluding hydrogens is 1300 g/mol. The lowest BCUT2D eigenvalue weighted by Gasteiger charge is -2.23. The van der Waals surface area contributed by atoms with E-state index < -0.39 is 0 Å². The number of rotatable bonds is 0. The van der Waals surface area contributed by atoms with Gasteiger partial charge in [-0.05, 0) is 190 Å². The van der Waals surface area contributed by atoms with E-state index in [9.17, 15) is 0 Å². The zero-order valence-electron chi connectivity index (χ0n) is 66.2. The first kappa shape index (κ1) is 72.1. The molecule has 0 radical (unpaired) electrons. The summed E-state index contributed by atoms with van der Waals surface area (Å²) in [5.74, 6) is 0. The van der Waals surface area contributed by atoms with Gasteiger partial charge in [0.15, 0.2) is 0 Å².